The molecular weight excluding hydrogens is 296 g/mol. The minimum atomic E-state index is -0.759. The van der Waals surface area contributed by atoms with Gasteiger partial charge in [-0.1, -0.05) is 17.2 Å². The highest BCUT2D eigenvalue weighted by Gasteiger charge is 2.38. The molecule has 0 bridgehead atoms. The van der Waals surface area contributed by atoms with Crippen LogP contribution in [0.2, 0.25) is 0 Å². The van der Waals surface area contributed by atoms with Gasteiger partial charge in [0, 0.05) is 19.8 Å². The van der Waals surface area contributed by atoms with Crippen molar-refractivity contribution >= 4 is 23.5 Å². The lowest BCUT2D eigenvalue weighted by Crippen LogP contribution is -2.32. The van der Waals surface area contributed by atoms with Gasteiger partial charge in [-0.15, -0.1) is 0 Å². The number of anilines is 1. The molecule has 0 spiro atoms. The summed E-state index contributed by atoms with van der Waals surface area (Å²) in [6, 6.07) is 13.0. The summed E-state index contributed by atoms with van der Waals surface area (Å²) in [6.07, 6.45) is 0. The quantitative estimate of drug-likeness (QED) is 0.812. The van der Waals surface area contributed by atoms with Crippen LogP contribution in [0.25, 0.3) is 0 Å². The molecule has 0 atom stereocenters. The fourth-order valence-electron chi connectivity index (χ4n) is 2.28. The first-order chi connectivity index (χ1) is 11.0. The highest BCUT2D eigenvalue weighted by molar-refractivity contribution is 6.21. The van der Waals surface area contributed by atoms with Crippen LogP contribution in [0.3, 0.4) is 0 Å². The van der Waals surface area contributed by atoms with Crippen LogP contribution in [0.4, 0.5) is 5.69 Å². The lowest BCUT2D eigenvalue weighted by Gasteiger charge is -2.14. The van der Waals surface area contributed by atoms with Gasteiger partial charge in [0.05, 0.1) is 16.7 Å². The Kier molecular flexibility index (Phi) is 3.57. The molecule has 1 aliphatic heterocycles. The minimum Gasteiger partial charge on any atom is -0.378 e. The first-order valence-electron chi connectivity index (χ1n) is 6.96. The summed E-state index contributed by atoms with van der Waals surface area (Å²) in [5.41, 5.74) is 1.64. The SMILES string of the molecule is CN(C)c1ccc(C(=O)ON2C(=O)c3ccccc3C2=O)cc1. The van der Waals surface area contributed by atoms with Gasteiger partial charge in [-0.3, -0.25) is 9.59 Å². The number of carbonyl (C=O) groups is 3. The van der Waals surface area contributed by atoms with Crippen LogP contribution in [0, 0.1) is 0 Å². The number of nitrogens with zero attached hydrogens (tertiary/aromatic N) is 2. The Morgan fingerprint density at radius 3 is 1.91 bits per heavy atom. The number of fused-ring (bicyclic) bond motifs is 1. The number of amides is 2. The molecular formula is C17H14N2O4. The van der Waals surface area contributed by atoms with E-state index in [9.17, 15) is 14.4 Å². The van der Waals surface area contributed by atoms with Gasteiger partial charge < -0.3 is 9.74 Å². The molecule has 2 aromatic rings. The summed E-state index contributed by atoms with van der Waals surface area (Å²) < 4.78 is 0. The standard InChI is InChI=1S/C17H14N2O4/c1-18(2)12-9-7-11(8-10-12)17(22)23-19-15(20)13-5-3-4-6-14(13)16(19)21/h3-10H,1-2H3. The predicted molar refractivity (Wildman–Crippen MR) is 83.1 cm³/mol. The van der Waals surface area contributed by atoms with E-state index in [4.69, 9.17) is 4.84 Å². The summed E-state index contributed by atoms with van der Waals surface area (Å²) in [5.74, 6) is -2.03. The Morgan fingerprint density at radius 1 is 0.913 bits per heavy atom. The number of carbonyl (C=O) groups excluding carboxylic acids is 3. The maximum absolute atomic E-state index is 12.1. The van der Waals surface area contributed by atoms with Crippen LogP contribution < -0.4 is 4.90 Å². The highest BCUT2D eigenvalue weighted by atomic mass is 16.7. The molecule has 2 amide bonds. The van der Waals surface area contributed by atoms with Crippen molar-refractivity contribution in [2.24, 2.45) is 0 Å². The van der Waals surface area contributed by atoms with Crippen LogP contribution in [0.5, 0.6) is 0 Å². The van der Waals surface area contributed by atoms with E-state index in [1.54, 1.807) is 36.4 Å². The molecule has 1 aliphatic rings. The van der Waals surface area contributed by atoms with Crippen LogP contribution in [0.1, 0.15) is 31.1 Å². The van der Waals surface area contributed by atoms with Crippen LogP contribution in [-0.2, 0) is 4.84 Å². The third-order valence-corrected chi connectivity index (χ3v) is 3.55. The number of rotatable bonds is 3. The van der Waals surface area contributed by atoms with Gasteiger partial charge in [-0.05, 0) is 36.4 Å². The Labute approximate surface area is 132 Å². The molecule has 6 heteroatoms. The van der Waals surface area contributed by atoms with Crippen LogP contribution in [0.15, 0.2) is 48.5 Å². The highest BCUT2D eigenvalue weighted by Crippen LogP contribution is 2.23. The van der Waals surface area contributed by atoms with Crippen molar-refractivity contribution in [1.82, 2.24) is 5.06 Å². The number of hydroxylamine groups is 2. The summed E-state index contributed by atoms with van der Waals surface area (Å²) in [4.78, 5) is 43.3. The number of benzene rings is 2. The van der Waals surface area contributed by atoms with Crippen molar-refractivity contribution < 1.29 is 19.2 Å². The predicted octanol–water partition coefficient (Wildman–Crippen LogP) is 2.12. The monoisotopic (exact) mass is 310 g/mol. The van der Waals surface area contributed by atoms with Gasteiger partial charge in [-0.2, -0.15) is 0 Å². The first kappa shape index (κ1) is 14.8. The van der Waals surface area contributed by atoms with E-state index in [2.05, 4.69) is 0 Å². The van der Waals surface area contributed by atoms with Gasteiger partial charge in [0.25, 0.3) is 11.8 Å². The van der Waals surface area contributed by atoms with Crippen LogP contribution >= 0.6 is 0 Å². The Morgan fingerprint density at radius 2 is 1.43 bits per heavy atom. The second kappa shape index (κ2) is 5.57. The van der Waals surface area contributed by atoms with E-state index in [0.717, 1.165) is 5.69 Å². The van der Waals surface area contributed by atoms with E-state index in [0.29, 0.717) is 5.06 Å². The molecule has 0 saturated heterocycles. The smallest absolute Gasteiger partial charge is 0.363 e. The number of hydrogen-bond acceptors (Lipinski definition) is 5. The average Bonchev–Trinajstić information content (AvgIpc) is 2.80. The topological polar surface area (TPSA) is 66.9 Å². The van der Waals surface area contributed by atoms with Crippen molar-refractivity contribution in [3.8, 4) is 0 Å². The lowest BCUT2D eigenvalue weighted by atomic mass is 10.1. The van der Waals surface area contributed by atoms with E-state index in [1.165, 1.54) is 12.1 Å². The number of imide groups is 1. The molecule has 1 heterocycles. The average molecular weight is 310 g/mol. The lowest BCUT2D eigenvalue weighted by molar-refractivity contribution is -0.0584. The molecule has 0 aliphatic carbocycles. The zero-order chi connectivity index (χ0) is 16.6. The van der Waals surface area contributed by atoms with Gasteiger partial charge in [0.1, 0.15) is 0 Å². The maximum Gasteiger partial charge on any atom is 0.363 e. The third-order valence-electron chi connectivity index (χ3n) is 3.55. The molecule has 0 aromatic heterocycles. The van der Waals surface area contributed by atoms with Crippen molar-refractivity contribution in [3.05, 3.63) is 65.2 Å². The molecule has 0 radical (unpaired) electrons. The van der Waals surface area contributed by atoms with E-state index < -0.39 is 17.8 Å². The fraction of sp³-hybridized carbons (Fsp3) is 0.118. The molecule has 6 nitrogen and oxygen atoms in total. The first-order valence-corrected chi connectivity index (χ1v) is 6.96. The van der Waals surface area contributed by atoms with E-state index in [-0.39, 0.29) is 16.7 Å². The maximum atomic E-state index is 12.1. The van der Waals surface area contributed by atoms with E-state index >= 15 is 0 Å². The summed E-state index contributed by atoms with van der Waals surface area (Å²) in [7, 11) is 3.76. The Bertz CT molecular complexity index is 761. The summed E-state index contributed by atoms with van der Waals surface area (Å²) >= 11 is 0. The molecule has 0 N–H and O–H groups in total. The zero-order valence-electron chi connectivity index (χ0n) is 12.6. The van der Waals surface area contributed by atoms with Crippen molar-refractivity contribution in [2.75, 3.05) is 19.0 Å². The minimum absolute atomic E-state index is 0.230. The van der Waals surface area contributed by atoms with Gasteiger partial charge >= 0.3 is 5.97 Å². The van der Waals surface area contributed by atoms with Crippen molar-refractivity contribution in [3.63, 3.8) is 0 Å². The van der Waals surface area contributed by atoms with Crippen molar-refractivity contribution in [2.45, 2.75) is 0 Å². The molecule has 116 valence electrons. The molecule has 2 aromatic carbocycles. The van der Waals surface area contributed by atoms with Gasteiger partial charge in [0.15, 0.2) is 0 Å². The summed E-state index contributed by atoms with van der Waals surface area (Å²) in [5, 5.41) is 0.507. The van der Waals surface area contributed by atoms with Crippen molar-refractivity contribution in [1.29, 1.82) is 0 Å². The summed E-state index contributed by atoms with van der Waals surface area (Å²) in [6.45, 7) is 0. The van der Waals surface area contributed by atoms with E-state index in [1.807, 2.05) is 19.0 Å². The molecule has 3 rings (SSSR count). The molecule has 23 heavy (non-hydrogen) atoms. The molecule has 0 unspecified atom stereocenters. The van der Waals surface area contributed by atoms with Crippen LogP contribution in [-0.4, -0.2) is 36.9 Å². The molecule has 0 saturated carbocycles. The second-order valence-corrected chi connectivity index (χ2v) is 5.27. The Hall–Kier alpha value is -3.15. The number of hydrogen-bond donors (Lipinski definition) is 0. The van der Waals surface area contributed by atoms with Gasteiger partial charge in [-0.25, -0.2) is 4.79 Å². The zero-order valence-corrected chi connectivity index (χ0v) is 12.6. The second-order valence-electron chi connectivity index (χ2n) is 5.27. The fourth-order valence-corrected chi connectivity index (χ4v) is 2.28. The largest absolute Gasteiger partial charge is 0.378 e. The van der Waals surface area contributed by atoms with Gasteiger partial charge in [0.2, 0.25) is 0 Å². The third kappa shape index (κ3) is 2.55. The molecule has 0 fully saturated rings. The normalized spacial score (nSPS) is 13.0. The Balaban J connectivity index is 1.79.